The SMILES string of the molecule is COC(=O)c1cc(Br)cc(NS(=O)(=O)c2ccc(C)cc2)c1OC. The van der Waals surface area contributed by atoms with E-state index in [1.807, 2.05) is 6.92 Å². The van der Waals surface area contributed by atoms with Crippen molar-refractivity contribution in [3.05, 3.63) is 52.0 Å². The number of anilines is 1. The van der Waals surface area contributed by atoms with Crippen LogP contribution in [0.2, 0.25) is 0 Å². The lowest BCUT2D eigenvalue weighted by Crippen LogP contribution is -2.15. The Morgan fingerprint density at radius 3 is 2.29 bits per heavy atom. The van der Waals surface area contributed by atoms with Crippen LogP contribution >= 0.6 is 15.9 Å². The van der Waals surface area contributed by atoms with Gasteiger partial charge in [0.15, 0.2) is 5.75 Å². The second-order valence-corrected chi connectivity index (χ2v) is 7.54. The monoisotopic (exact) mass is 413 g/mol. The maximum Gasteiger partial charge on any atom is 0.341 e. The Morgan fingerprint density at radius 1 is 1.12 bits per heavy atom. The fourth-order valence-electron chi connectivity index (χ4n) is 2.07. The number of methoxy groups -OCH3 is 2. The summed E-state index contributed by atoms with van der Waals surface area (Å²) >= 11 is 3.25. The highest BCUT2D eigenvalue weighted by Crippen LogP contribution is 2.34. The molecule has 1 N–H and O–H groups in total. The molecule has 24 heavy (non-hydrogen) atoms. The van der Waals surface area contributed by atoms with Gasteiger partial charge in [0.25, 0.3) is 10.0 Å². The molecular formula is C16H16BrNO5S. The maximum atomic E-state index is 12.5. The number of nitrogens with one attached hydrogen (secondary N) is 1. The third kappa shape index (κ3) is 3.88. The summed E-state index contributed by atoms with van der Waals surface area (Å²) in [7, 11) is -1.25. The van der Waals surface area contributed by atoms with Crippen molar-refractivity contribution in [1.29, 1.82) is 0 Å². The Bertz CT molecular complexity index is 863. The largest absolute Gasteiger partial charge is 0.494 e. The van der Waals surface area contributed by atoms with Crippen LogP contribution in [0.4, 0.5) is 5.69 Å². The predicted octanol–water partition coefficient (Wildman–Crippen LogP) is 3.35. The fourth-order valence-corrected chi connectivity index (χ4v) is 3.58. The van der Waals surface area contributed by atoms with Gasteiger partial charge in [-0.15, -0.1) is 0 Å². The third-order valence-corrected chi connectivity index (χ3v) is 5.08. The lowest BCUT2D eigenvalue weighted by atomic mass is 10.2. The summed E-state index contributed by atoms with van der Waals surface area (Å²) < 4.78 is 37.9. The standard InChI is InChI=1S/C16H16BrNO5S/c1-10-4-6-12(7-5-10)24(20,21)18-14-9-11(17)8-13(15(14)22-2)16(19)23-3/h4-9,18H,1-3H3. The molecule has 0 spiro atoms. The molecule has 2 aromatic carbocycles. The summed E-state index contributed by atoms with van der Waals surface area (Å²) in [4.78, 5) is 12.0. The molecule has 0 bridgehead atoms. The number of hydrogen-bond donors (Lipinski definition) is 1. The minimum absolute atomic E-state index is 0.0840. The first-order chi connectivity index (χ1) is 11.3. The van der Waals surface area contributed by atoms with E-state index in [1.165, 1.54) is 38.5 Å². The van der Waals surface area contributed by atoms with Gasteiger partial charge < -0.3 is 9.47 Å². The number of aryl methyl sites for hydroxylation is 1. The quantitative estimate of drug-likeness (QED) is 0.759. The molecule has 0 unspecified atom stereocenters. The van der Waals surface area contributed by atoms with Gasteiger partial charge in [-0.05, 0) is 31.2 Å². The van der Waals surface area contributed by atoms with E-state index in [2.05, 4.69) is 20.7 Å². The van der Waals surface area contributed by atoms with Gasteiger partial charge in [0.2, 0.25) is 0 Å². The molecule has 0 heterocycles. The number of sulfonamides is 1. The van der Waals surface area contributed by atoms with E-state index in [4.69, 9.17) is 9.47 Å². The molecule has 0 aromatic heterocycles. The maximum absolute atomic E-state index is 12.5. The molecule has 0 aliphatic heterocycles. The molecule has 8 heteroatoms. The minimum atomic E-state index is -3.83. The summed E-state index contributed by atoms with van der Waals surface area (Å²) in [6.45, 7) is 1.86. The van der Waals surface area contributed by atoms with Gasteiger partial charge in [0, 0.05) is 4.47 Å². The number of carbonyl (C=O) groups excluding carboxylic acids is 1. The molecule has 0 saturated heterocycles. The highest BCUT2D eigenvalue weighted by Gasteiger charge is 2.22. The van der Waals surface area contributed by atoms with E-state index in [9.17, 15) is 13.2 Å². The molecule has 0 radical (unpaired) electrons. The van der Waals surface area contributed by atoms with Gasteiger partial charge >= 0.3 is 5.97 Å². The van der Waals surface area contributed by atoms with Crippen LogP contribution in [-0.4, -0.2) is 28.6 Å². The average Bonchev–Trinajstić information content (AvgIpc) is 2.53. The number of carbonyl (C=O) groups is 1. The van der Waals surface area contributed by atoms with Gasteiger partial charge in [-0.25, -0.2) is 13.2 Å². The van der Waals surface area contributed by atoms with E-state index < -0.39 is 16.0 Å². The van der Waals surface area contributed by atoms with Gasteiger partial charge in [-0.3, -0.25) is 4.72 Å². The van der Waals surface area contributed by atoms with Crippen molar-refractivity contribution in [2.75, 3.05) is 18.9 Å². The average molecular weight is 414 g/mol. The zero-order chi connectivity index (χ0) is 17.9. The first-order valence-corrected chi connectivity index (χ1v) is 9.11. The van der Waals surface area contributed by atoms with E-state index in [0.29, 0.717) is 4.47 Å². The highest BCUT2D eigenvalue weighted by molar-refractivity contribution is 9.10. The third-order valence-electron chi connectivity index (χ3n) is 3.24. The van der Waals surface area contributed by atoms with Crippen molar-refractivity contribution >= 4 is 37.6 Å². The molecule has 128 valence electrons. The Kier molecular flexibility index (Phi) is 5.51. The van der Waals surface area contributed by atoms with Crippen LogP contribution in [0.15, 0.2) is 45.8 Å². The molecule has 0 aliphatic carbocycles. The number of ether oxygens (including phenoxy) is 2. The van der Waals surface area contributed by atoms with E-state index in [-0.39, 0.29) is 21.9 Å². The second kappa shape index (κ2) is 7.23. The van der Waals surface area contributed by atoms with E-state index in [0.717, 1.165) is 5.56 Å². The number of benzene rings is 2. The molecule has 0 saturated carbocycles. The molecule has 0 aliphatic rings. The van der Waals surface area contributed by atoms with Gasteiger partial charge in [0.1, 0.15) is 5.56 Å². The number of halogens is 1. The smallest absolute Gasteiger partial charge is 0.341 e. The van der Waals surface area contributed by atoms with Crippen molar-refractivity contribution in [3.63, 3.8) is 0 Å². The first kappa shape index (κ1) is 18.3. The van der Waals surface area contributed by atoms with Gasteiger partial charge in [0.05, 0.1) is 24.8 Å². The summed E-state index contributed by atoms with van der Waals surface area (Å²) in [6.07, 6.45) is 0. The number of rotatable bonds is 5. The molecule has 2 rings (SSSR count). The molecule has 6 nitrogen and oxygen atoms in total. The van der Waals surface area contributed by atoms with Crippen LogP contribution < -0.4 is 9.46 Å². The zero-order valence-corrected chi connectivity index (χ0v) is 15.7. The summed E-state index contributed by atoms with van der Waals surface area (Å²) in [5, 5.41) is 0. The van der Waals surface area contributed by atoms with Crippen molar-refractivity contribution in [3.8, 4) is 5.75 Å². The summed E-state index contributed by atoms with van der Waals surface area (Å²) in [5.74, 6) is -0.551. The molecule has 0 atom stereocenters. The number of hydrogen-bond acceptors (Lipinski definition) is 5. The zero-order valence-electron chi connectivity index (χ0n) is 13.3. The van der Waals surface area contributed by atoms with Crippen LogP contribution in [0.25, 0.3) is 0 Å². The lowest BCUT2D eigenvalue weighted by Gasteiger charge is -2.15. The van der Waals surface area contributed by atoms with Crippen LogP contribution in [-0.2, 0) is 14.8 Å². The van der Waals surface area contributed by atoms with Crippen molar-refractivity contribution < 1.29 is 22.7 Å². The topological polar surface area (TPSA) is 81.7 Å². The molecular weight excluding hydrogens is 398 g/mol. The van der Waals surface area contributed by atoms with E-state index >= 15 is 0 Å². The van der Waals surface area contributed by atoms with Crippen molar-refractivity contribution in [2.24, 2.45) is 0 Å². The summed E-state index contributed by atoms with van der Waals surface area (Å²) in [6, 6.07) is 9.41. The lowest BCUT2D eigenvalue weighted by molar-refractivity contribution is 0.0597. The first-order valence-electron chi connectivity index (χ1n) is 6.84. The number of esters is 1. The predicted molar refractivity (Wildman–Crippen MR) is 94.0 cm³/mol. The van der Waals surface area contributed by atoms with E-state index in [1.54, 1.807) is 12.1 Å². The molecule has 2 aromatic rings. The second-order valence-electron chi connectivity index (χ2n) is 4.94. The van der Waals surface area contributed by atoms with Gasteiger partial charge in [-0.2, -0.15) is 0 Å². The minimum Gasteiger partial charge on any atom is -0.494 e. The normalized spacial score (nSPS) is 11.0. The fraction of sp³-hybridized carbons (Fsp3) is 0.188. The molecule has 0 amide bonds. The Labute approximate surface area is 149 Å². The van der Waals surface area contributed by atoms with Crippen LogP contribution in [0.3, 0.4) is 0 Å². The summed E-state index contributed by atoms with van der Waals surface area (Å²) in [5.41, 5.74) is 1.19. The Morgan fingerprint density at radius 2 is 1.75 bits per heavy atom. The van der Waals surface area contributed by atoms with Gasteiger partial charge in [-0.1, -0.05) is 33.6 Å². The van der Waals surface area contributed by atoms with Crippen LogP contribution in [0.1, 0.15) is 15.9 Å². The Balaban J connectivity index is 2.50. The Hall–Kier alpha value is -2.06. The molecule has 0 fully saturated rings. The van der Waals surface area contributed by atoms with Crippen molar-refractivity contribution in [2.45, 2.75) is 11.8 Å². The highest BCUT2D eigenvalue weighted by atomic mass is 79.9. The van der Waals surface area contributed by atoms with Crippen LogP contribution in [0.5, 0.6) is 5.75 Å². The van der Waals surface area contributed by atoms with Crippen LogP contribution in [0, 0.1) is 6.92 Å². The van der Waals surface area contributed by atoms with Crippen molar-refractivity contribution in [1.82, 2.24) is 0 Å².